The molecule has 0 aliphatic rings. The van der Waals surface area contributed by atoms with Crippen LogP contribution in [0.2, 0.25) is 0 Å². The van der Waals surface area contributed by atoms with E-state index in [1.54, 1.807) is 6.26 Å². The number of ether oxygens (including phenoxy) is 1. The van der Waals surface area contributed by atoms with E-state index in [0.717, 1.165) is 25.3 Å². The first-order chi connectivity index (χ1) is 12.0. The molecule has 0 spiro atoms. The van der Waals surface area contributed by atoms with Crippen LogP contribution in [-0.4, -0.2) is 35.8 Å². The van der Waals surface area contributed by atoms with Crippen LogP contribution in [0.15, 0.2) is 47.1 Å². The third-order valence-electron chi connectivity index (χ3n) is 4.11. The van der Waals surface area contributed by atoms with Crippen LogP contribution >= 0.6 is 0 Å². The first-order valence-corrected chi connectivity index (χ1v) is 9.09. The van der Waals surface area contributed by atoms with Gasteiger partial charge in [-0.25, -0.2) is 0 Å². The molecule has 2 rings (SSSR count). The van der Waals surface area contributed by atoms with E-state index in [4.69, 9.17) is 9.15 Å². The monoisotopic (exact) mass is 345 g/mol. The van der Waals surface area contributed by atoms with E-state index in [0.29, 0.717) is 25.7 Å². The lowest BCUT2D eigenvalue weighted by Gasteiger charge is -2.26. The van der Waals surface area contributed by atoms with E-state index in [2.05, 4.69) is 49.9 Å². The van der Waals surface area contributed by atoms with E-state index in [1.807, 2.05) is 12.1 Å². The Morgan fingerprint density at radius 2 is 2.04 bits per heavy atom. The molecule has 4 heteroatoms. The number of nitrogens with zero attached hydrogens (tertiary/aromatic N) is 1. The fraction of sp³-hybridized carbons (Fsp3) is 0.524. The minimum absolute atomic E-state index is 0.312. The summed E-state index contributed by atoms with van der Waals surface area (Å²) in [5, 5.41) is 10.3. The summed E-state index contributed by atoms with van der Waals surface area (Å²) in [5.41, 5.74) is 2.55. The molecule has 0 fully saturated rings. The van der Waals surface area contributed by atoms with Gasteiger partial charge in [0.15, 0.2) is 0 Å². The average Bonchev–Trinajstić information content (AvgIpc) is 3.06. The number of rotatable bonds is 11. The number of aliphatic hydroxyl groups excluding tert-OH is 1. The summed E-state index contributed by atoms with van der Waals surface area (Å²) < 4.78 is 10.8. The van der Waals surface area contributed by atoms with Gasteiger partial charge >= 0.3 is 0 Å². The topological polar surface area (TPSA) is 45.8 Å². The minimum atomic E-state index is -0.507. The smallest absolute Gasteiger partial charge is 0.129 e. The van der Waals surface area contributed by atoms with E-state index >= 15 is 0 Å². The minimum Gasteiger partial charge on any atom is -0.467 e. The van der Waals surface area contributed by atoms with Crippen molar-refractivity contribution in [3.8, 4) is 0 Å². The van der Waals surface area contributed by atoms with Gasteiger partial charge in [0.1, 0.15) is 12.4 Å². The first-order valence-electron chi connectivity index (χ1n) is 9.09. The fourth-order valence-corrected chi connectivity index (χ4v) is 2.79. The van der Waals surface area contributed by atoms with Gasteiger partial charge in [0.25, 0.3) is 0 Å². The van der Waals surface area contributed by atoms with Crippen molar-refractivity contribution >= 4 is 0 Å². The van der Waals surface area contributed by atoms with Gasteiger partial charge in [-0.15, -0.1) is 0 Å². The number of hydrogen-bond donors (Lipinski definition) is 1. The number of furan rings is 1. The summed E-state index contributed by atoms with van der Waals surface area (Å²) >= 11 is 0. The maximum atomic E-state index is 10.3. The molecule has 0 saturated carbocycles. The number of aliphatic hydroxyl groups is 1. The van der Waals surface area contributed by atoms with E-state index < -0.39 is 6.10 Å². The molecular formula is C21H31NO3. The zero-order chi connectivity index (χ0) is 18.1. The molecule has 1 aromatic carbocycles. The second-order valence-corrected chi connectivity index (χ2v) is 7.16. The molecular weight excluding hydrogens is 314 g/mol. The molecule has 1 aromatic heterocycles. The second-order valence-electron chi connectivity index (χ2n) is 7.16. The molecule has 0 amide bonds. The highest BCUT2D eigenvalue weighted by Crippen LogP contribution is 2.11. The zero-order valence-electron chi connectivity index (χ0n) is 15.6. The van der Waals surface area contributed by atoms with Gasteiger partial charge in [0.05, 0.1) is 19.0 Å². The summed E-state index contributed by atoms with van der Waals surface area (Å²) in [7, 11) is 0. The van der Waals surface area contributed by atoms with Crippen LogP contribution in [-0.2, 0) is 17.9 Å². The molecule has 1 atom stereocenters. The molecule has 2 aromatic rings. The van der Waals surface area contributed by atoms with Gasteiger partial charge in [-0.2, -0.15) is 0 Å². The fourth-order valence-electron chi connectivity index (χ4n) is 2.79. The Hall–Kier alpha value is -1.62. The Labute approximate surface area is 151 Å². The molecule has 4 nitrogen and oxygen atoms in total. The van der Waals surface area contributed by atoms with Crippen LogP contribution in [0, 0.1) is 12.8 Å². The lowest BCUT2D eigenvalue weighted by molar-refractivity contribution is 0.00325. The van der Waals surface area contributed by atoms with E-state index in [1.165, 1.54) is 11.1 Å². The lowest BCUT2D eigenvalue weighted by atomic mass is 10.1. The van der Waals surface area contributed by atoms with Crippen molar-refractivity contribution in [1.29, 1.82) is 0 Å². The molecule has 0 aliphatic heterocycles. The zero-order valence-corrected chi connectivity index (χ0v) is 15.6. The molecule has 25 heavy (non-hydrogen) atoms. The third kappa shape index (κ3) is 7.86. The Bertz CT molecular complexity index is 595. The molecule has 0 aliphatic carbocycles. The second kappa shape index (κ2) is 10.4. The number of aryl methyl sites for hydroxylation is 1. The van der Waals surface area contributed by atoms with Crippen LogP contribution in [0.4, 0.5) is 0 Å². The van der Waals surface area contributed by atoms with Gasteiger partial charge in [-0.05, 0) is 43.5 Å². The molecule has 1 N–H and O–H groups in total. The summed E-state index contributed by atoms with van der Waals surface area (Å²) in [5.74, 6) is 1.43. The van der Waals surface area contributed by atoms with E-state index in [9.17, 15) is 5.11 Å². The van der Waals surface area contributed by atoms with Crippen LogP contribution in [0.25, 0.3) is 0 Å². The third-order valence-corrected chi connectivity index (χ3v) is 4.11. The highest BCUT2D eigenvalue weighted by atomic mass is 16.5. The van der Waals surface area contributed by atoms with Crippen molar-refractivity contribution < 1.29 is 14.3 Å². The van der Waals surface area contributed by atoms with E-state index in [-0.39, 0.29) is 0 Å². The van der Waals surface area contributed by atoms with Crippen LogP contribution in [0.5, 0.6) is 0 Å². The van der Waals surface area contributed by atoms with Gasteiger partial charge < -0.3 is 14.3 Å². The predicted molar refractivity (Wildman–Crippen MR) is 100 cm³/mol. The average molecular weight is 345 g/mol. The molecule has 138 valence electrons. The standard InChI is InChI=1S/C21H31NO3/c1-17(2)9-10-22(13-19-7-4-6-18(3)12-19)14-20(23)15-24-16-21-8-5-11-25-21/h4-8,11-12,17,20,23H,9-10,13-16H2,1-3H3/t20-/m1/s1. The molecule has 0 radical (unpaired) electrons. The Kier molecular flexibility index (Phi) is 8.19. The van der Waals surface area contributed by atoms with Crippen molar-refractivity contribution in [1.82, 2.24) is 4.90 Å². The molecule has 0 bridgehead atoms. The Balaban J connectivity index is 1.83. The van der Waals surface area contributed by atoms with Gasteiger partial charge in [-0.3, -0.25) is 4.90 Å². The summed E-state index contributed by atoms with van der Waals surface area (Å²) in [4.78, 5) is 2.32. The summed E-state index contributed by atoms with van der Waals surface area (Å²) in [6.07, 6.45) is 2.24. The van der Waals surface area contributed by atoms with Gasteiger partial charge in [0, 0.05) is 13.1 Å². The highest BCUT2D eigenvalue weighted by molar-refractivity contribution is 5.22. The predicted octanol–water partition coefficient (Wildman–Crippen LogP) is 4.01. The molecule has 0 saturated heterocycles. The van der Waals surface area contributed by atoms with Gasteiger partial charge in [0.2, 0.25) is 0 Å². The quantitative estimate of drug-likeness (QED) is 0.668. The van der Waals surface area contributed by atoms with Crippen LogP contribution in [0.3, 0.4) is 0 Å². The van der Waals surface area contributed by atoms with Crippen LogP contribution < -0.4 is 0 Å². The van der Waals surface area contributed by atoms with Crippen molar-refractivity contribution in [2.24, 2.45) is 5.92 Å². The number of hydrogen-bond acceptors (Lipinski definition) is 4. The SMILES string of the molecule is Cc1cccc(CN(CCC(C)C)C[C@@H](O)COCc2ccco2)c1. The van der Waals surface area contributed by atoms with Crippen molar-refractivity contribution in [3.05, 3.63) is 59.5 Å². The summed E-state index contributed by atoms with van der Waals surface area (Å²) in [6.45, 7) is 9.71. The number of benzene rings is 1. The molecule has 0 unspecified atom stereocenters. The molecule has 1 heterocycles. The maximum absolute atomic E-state index is 10.3. The first kappa shape index (κ1) is 19.7. The lowest BCUT2D eigenvalue weighted by Crippen LogP contribution is -2.35. The van der Waals surface area contributed by atoms with Crippen molar-refractivity contribution in [2.45, 2.75) is 46.4 Å². The normalized spacial score (nSPS) is 12.9. The maximum Gasteiger partial charge on any atom is 0.129 e. The largest absolute Gasteiger partial charge is 0.467 e. The van der Waals surface area contributed by atoms with Crippen molar-refractivity contribution in [2.75, 3.05) is 19.7 Å². The Morgan fingerprint density at radius 1 is 1.20 bits per heavy atom. The van der Waals surface area contributed by atoms with Gasteiger partial charge in [-0.1, -0.05) is 43.7 Å². The Morgan fingerprint density at radius 3 is 2.72 bits per heavy atom. The van der Waals surface area contributed by atoms with Crippen LogP contribution in [0.1, 0.15) is 37.2 Å². The highest BCUT2D eigenvalue weighted by Gasteiger charge is 2.14. The van der Waals surface area contributed by atoms with Crippen molar-refractivity contribution in [3.63, 3.8) is 0 Å². The summed E-state index contributed by atoms with van der Waals surface area (Å²) in [6, 6.07) is 12.3.